The molecular weight excluding hydrogens is 340 g/mol. The van der Waals surface area contributed by atoms with Gasteiger partial charge in [0, 0.05) is 30.6 Å². The largest absolute Gasteiger partial charge is 0.366 e. The number of hydrogen-bond donors (Lipinski definition) is 2. The Kier molecular flexibility index (Phi) is 4.07. The Morgan fingerprint density at radius 1 is 1.19 bits per heavy atom. The van der Waals surface area contributed by atoms with Crippen LogP contribution in [0.2, 0.25) is 0 Å². The van der Waals surface area contributed by atoms with E-state index < -0.39 is 5.91 Å². The van der Waals surface area contributed by atoms with Gasteiger partial charge in [0.1, 0.15) is 5.69 Å². The number of carbonyl (C=O) groups excluding carboxylic acids is 1. The zero-order chi connectivity index (χ0) is 18.8. The molecule has 0 aliphatic carbocycles. The highest BCUT2D eigenvalue weighted by atomic mass is 16.1. The number of aryl methyl sites for hydroxylation is 1. The first-order valence-corrected chi connectivity index (χ1v) is 8.24. The molecule has 0 atom stereocenters. The summed E-state index contributed by atoms with van der Waals surface area (Å²) in [5.74, 6) is 5.68. The van der Waals surface area contributed by atoms with E-state index in [2.05, 4.69) is 27.2 Å². The van der Waals surface area contributed by atoms with Crippen LogP contribution < -0.4 is 11.1 Å². The first-order chi connectivity index (χ1) is 13.1. The van der Waals surface area contributed by atoms with Crippen molar-refractivity contribution >= 4 is 22.9 Å². The van der Waals surface area contributed by atoms with Crippen LogP contribution in [0.1, 0.15) is 21.6 Å². The van der Waals surface area contributed by atoms with Crippen LogP contribution in [0.25, 0.3) is 5.65 Å². The van der Waals surface area contributed by atoms with E-state index in [0.717, 1.165) is 22.7 Å². The first-order valence-electron chi connectivity index (χ1n) is 8.24. The van der Waals surface area contributed by atoms with Gasteiger partial charge < -0.3 is 11.1 Å². The minimum Gasteiger partial charge on any atom is -0.366 e. The standard InChI is InChI=1S/C20H16N6O/c1-25-13-16(11-23-25)24-18-6-3-9-26-17(12-22-20(18)26)8-7-14-4-2-5-15(10-14)19(21)27/h2-6,9-13,24H,1H3,(H2,21,27). The molecule has 3 N–H and O–H groups in total. The van der Waals surface area contributed by atoms with Crippen molar-refractivity contribution in [1.29, 1.82) is 0 Å². The Hall–Kier alpha value is -4.05. The third-order valence-corrected chi connectivity index (χ3v) is 4.00. The summed E-state index contributed by atoms with van der Waals surface area (Å²) >= 11 is 0. The van der Waals surface area contributed by atoms with Crippen LogP contribution >= 0.6 is 0 Å². The number of hydrogen-bond acceptors (Lipinski definition) is 4. The zero-order valence-corrected chi connectivity index (χ0v) is 14.5. The van der Waals surface area contributed by atoms with Crippen LogP contribution in [0.4, 0.5) is 11.4 Å². The number of nitrogens with one attached hydrogen (secondary N) is 1. The van der Waals surface area contributed by atoms with Crippen molar-refractivity contribution in [3.63, 3.8) is 0 Å². The second-order valence-electron chi connectivity index (χ2n) is 5.98. The summed E-state index contributed by atoms with van der Waals surface area (Å²) in [7, 11) is 1.86. The molecule has 1 aromatic carbocycles. The van der Waals surface area contributed by atoms with E-state index in [1.165, 1.54) is 0 Å². The van der Waals surface area contributed by atoms with Gasteiger partial charge in [0.05, 0.1) is 23.8 Å². The van der Waals surface area contributed by atoms with Crippen LogP contribution in [0.15, 0.2) is 61.2 Å². The quantitative estimate of drug-likeness (QED) is 0.551. The molecule has 0 unspecified atom stereocenters. The summed E-state index contributed by atoms with van der Waals surface area (Å²) < 4.78 is 3.63. The molecular formula is C20H16N6O. The number of primary amides is 1. The highest BCUT2D eigenvalue weighted by Gasteiger charge is 2.07. The number of aromatic nitrogens is 4. The van der Waals surface area contributed by atoms with Crippen molar-refractivity contribution in [2.24, 2.45) is 12.8 Å². The zero-order valence-electron chi connectivity index (χ0n) is 14.5. The highest BCUT2D eigenvalue weighted by molar-refractivity contribution is 5.93. The fourth-order valence-corrected chi connectivity index (χ4v) is 2.73. The Bertz CT molecular complexity index is 1210. The number of nitrogens with two attached hydrogens (primary N) is 1. The van der Waals surface area contributed by atoms with Gasteiger partial charge in [-0.15, -0.1) is 0 Å². The molecule has 27 heavy (non-hydrogen) atoms. The Labute approximate surface area is 155 Å². The van der Waals surface area contributed by atoms with Crippen LogP contribution in [-0.4, -0.2) is 25.1 Å². The van der Waals surface area contributed by atoms with Crippen molar-refractivity contribution < 1.29 is 4.79 Å². The molecule has 0 aliphatic rings. The van der Waals surface area contributed by atoms with E-state index in [9.17, 15) is 4.79 Å². The molecule has 0 aliphatic heterocycles. The molecule has 7 nitrogen and oxygen atoms in total. The molecule has 0 bridgehead atoms. The van der Waals surface area contributed by atoms with Gasteiger partial charge in [0.15, 0.2) is 5.65 Å². The number of fused-ring (bicyclic) bond motifs is 1. The molecule has 0 spiro atoms. The average Bonchev–Trinajstić information content (AvgIpc) is 3.27. The topological polar surface area (TPSA) is 90.2 Å². The normalized spacial score (nSPS) is 10.4. The van der Waals surface area contributed by atoms with Crippen LogP contribution in [0.3, 0.4) is 0 Å². The molecule has 4 rings (SSSR count). The maximum atomic E-state index is 11.3. The third kappa shape index (κ3) is 3.37. The number of rotatable bonds is 3. The van der Waals surface area contributed by atoms with Crippen LogP contribution in [-0.2, 0) is 7.05 Å². The lowest BCUT2D eigenvalue weighted by molar-refractivity contribution is 0.100. The van der Waals surface area contributed by atoms with Gasteiger partial charge >= 0.3 is 0 Å². The molecule has 4 aromatic rings. The Morgan fingerprint density at radius 2 is 2.07 bits per heavy atom. The molecule has 3 aromatic heterocycles. The summed E-state index contributed by atoms with van der Waals surface area (Å²) in [4.78, 5) is 15.8. The lowest BCUT2D eigenvalue weighted by atomic mass is 10.1. The van der Waals surface area contributed by atoms with Crippen molar-refractivity contribution in [1.82, 2.24) is 19.2 Å². The number of benzene rings is 1. The van der Waals surface area contributed by atoms with Crippen molar-refractivity contribution in [2.75, 3.05) is 5.32 Å². The number of carbonyl (C=O) groups is 1. The van der Waals surface area contributed by atoms with E-state index in [4.69, 9.17) is 5.73 Å². The molecule has 3 heterocycles. The number of anilines is 2. The number of pyridine rings is 1. The summed E-state index contributed by atoms with van der Waals surface area (Å²) in [6, 6.07) is 10.8. The van der Waals surface area contributed by atoms with E-state index in [0.29, 0.717) is 11.1 Å². The predicted octanol–water partition coefficient (Wildman–Crippen LogP) is 2.31. The molecule has 7 heteroatoms. The van der Waals surface area contributed by atoms with Gasteiger partial charge in [0.2, 0.25) is 5.91 Å². The van der Waals surface area contributed by atoms with E-state index >= 15 is 0 Å². The second-order valence-corrected chi connectivity index (χ2v) is 5.98. The predicted molar refractivity (Wildman–Crippen MR) is 103 cm³/mol. The summed E-state index contributed by atoms with van der Waals surface area (Å²) in [5, 5.41) is 7.46. The van der Waals surface area contributed by atoms with Crippen LogP contribution in [0.5, 0.6) is 0 Å². The van der Waals surface area contributed by atoms with Crippen molar-refractivity contribution in [2.45, 2.75) is 0 Å². The maximum Gasteiger partial charge on any atom is 0.248 e. The summed E-state index contributed by atoms with van der Waals surface area (Å²) in [6.45, 7) is 0. The Balaban J connectivity index is 1.68. The molecule has 0 radical (unpaired) electrons. The SMILES string of the molecule is Cn1cc(Nc2cccn3c(C#Cc4cccc(C(N)=O)c4)cnc23)cn1. The van der Waals surface area contributed by atoms with Gasteiger partial charge in [-0.3, -0.25) is 13.9 Å². The van der Waals surface area contributed by atoms with Gasteiger partial charge in [-0.25, -0.2) is 4.98 Å². The lowest BCUT2D eigenvalue weighted by Crippen LogP contribution is -2.10. The van der Waals surface area contributed by atoms with Gasteiger partial charge in [-0.1, -0.05) is 12.0 Å². The average molecular weight is 356 g/mol. The summed E-state index contributed by atoms with van der Waals surface area (Å²) in [5.41, 5.74) is 9.70. The monoisotopic (exact) mass is 356 g/mol. The molecule has 1 amide bonds. The number of imidazole rings is 1. The third-order valence-electron chi connectivity index (χ3n) is 4.00. The number of nitrogens with zero attached hydrogens (tertiary/aromatic N) is 4. The minimum absolute atomic E-state index is 0.433. The van der Waals surface area contributed by atoms with Crippen LogP contribution in [0, 0.1) is 11.8 Å². The van der Waals surface area contributed by atoms with Crippen molar-refractivity contribution in [3.8, 4) is 11.8 Å². The summed E-state index contributed by atoms with van der Waals surface area (Å²) in [6.07, 6.45) is 7.26. The van der Waals surface area contributed by atoms with Crippen molar-refractivity contribution in [3.05, 3.63) is 78.0 Å². The van der Waals surface area contributed by atoms with E-state index in [1.807, 2.05) is 42.0 Å². The lowest BCUT2D eigenvalue weighted by Gasteiger charge is -2.05. The van der Waals surface area contributed by atoms with Gasteiger partial charge in [0.25, 0.3) is 0 Å². The molecule has 0 saturated heterocycles. The smallest absolute Gasteiger partial charge is 0.248 e. The fraction of sp³-hybridized carbons (Fsp3) is 0.0500. The second kappa shape index (κ2) is 6.69. The molecule has 0 fully saturated rings. The highest BCUT2D eigenvalue weighted by Crippen LogP contribution is 2.21. The minimum atomic E-state index is -0.473. The molecule has 132 valence electrons. The fourth-order valence-electron chi connectivity index (χ4n) is 2.73. The first kappa shape index (κ1) is 16.4. The van der Waals surface area contributed by atoms with Gasteiger partial charge in [-0.2, -0.15) is 5.10 Å². The van der Waals surface area contributed by atoms with Gasteiger partial charge in [-0.05, 0) is 36.3 Å². The molecule has 0 saturated carbocycles. The Morgan fingerprint density at radius 3 is 2.85 bits per heavy atom. The maximum absolute atomic E-state index is 11.3. The number of amides is 1. The van der Waals surface area contributed by atoms with E-state index in [-0.39, 0.29) is 0 Å². The van der Waals surface area contributed by atoms with E-state index in [1.54, 1.807) is 35.3 Å².